The van der Waals surface area contributed by atoms with Crippen molar-refractivity contribution in [3.63, 3.8) is 0 Å². The van der Waals surface area contributed by atoms with Gasteiger partial charge in [-0.3, -0.25) is 4.79 Å². The fourth-order valence-electron chi connectivity index (χ4n) is 3.65. The van der Waals surface area contributed by atoms with Crippen LogP contribution in [0.25, 0.3) is 22.2 Å². The fourth-order valence-corrected chi connectivity index (χ4v) is 4.73. The molecule has 4 aromatic rings. The van der Waals surface area contributed by atoms with Gasteiger partial charge in [-0.1, -0.05) is 41.9 Å². The molecule has 0 atom stereocenters. The Hall–Kier alpha value is -3.22. The summed E-state index contributed by atoms with van der Waals surface area (Å²) in [5.41, 5.74) is 3.80. The molecule has 1 amide bonds. The van der Waals surface area contributed by atoms with Gasteiger partial charge in [-0.15, -0.1) is 11.3 Å². The Morgan fingerprint density at radius 3 is 2.62 bits per heavy atom. The van der Waals surface area contributed by atoms with Gasteiger partial charge >= 0.3 is 5.97 Å². The van der Waals surface area contributed by atoms with E-state index in [9.17, 15) is 9.59 Å². The molecule has 162 valence electrons. The fraction of sp³-hybridized carbons (Fsp3) is 0.160. The number of para-hydroxylation sites is 1. The molecule has 1 N–H and O–H groups in total. The molecule has 4 rings (SSSR count). The minimum atomic E-state index is -0.455. The SMILES string of the molecule is CCOC(=O)c1cc(C)sc1NC(=O)c1c(C)c(-c2cccc(Cl)c2)nc2ccccc12. The molecule has 0 aliphatic heterocycles. The van der Waals surface area contributed by atoms with Crippen molar-refractivity contribution >= 4 is 50.7 Å². The molecule has 0 saturated carbocycles. The van der Waals surface area contributed by atoms with Gasteiger partial charge in [0.15, 0.2) is 0 Å². The van der Waals surface area contributed by atoms with Gasteiger partial charge in [-0.2, -0.15) is 0 Å². The molecule has 32 heavy (non-hydrogen) atoms. The van der Waals surface area contributed by atoms with Crippen molar-refractivity contribution in [3.8, 4) is 11.3 Å². The van der Waals surface area contributed by atoms with Gasteiger partial charge < -0.3 is 10.1 Å². The lowest BCUT2D eigenvalue weighted by atomic mass is 9.97. The number of amides is 1. The number of esters is 1. The van der Waals surface area contributed by atoms with Crippen molar-refractivity contribution in [2.75, 3.05) is 11.9 Å². The summed E-state index contributed by atoms with van der Waals surface area (Å²) >= 11 is 7.54. The van der Waals surface area contributed by atoms with E-state index >= 15 is 0 Å². The van der Waals surface area contributed by atoms with Gasteiger partial charge in [0.05, 0.1) is 28.9 Å². The van der Waals surface area contributed by atoms with Crippen LogP contribution in [0.5, 0.6) is 0 Å². The minimum absolute atomic E-state index is 0.262. The van der Waals surface area contributed by atoms with Crippen molar-refractivity contribution in [1.82, 2.24) is 4.98 Å². The number of carbonyl (C=O) groups excluding carboxylic acids is 2. The monoisotopic (exact) mass is 464 g/mol. The molecular formula is C25H21ClN2O3S. The van der Waals surface area contributed by atoms with Gasteiger partial charge in [0, 0.05) is 20.8 Å². The van der Waals surface area contributed by atoms with Crippen LogP contribution in [0.1, 0.15) is 38.1 Å². The molecule has 0 saturated heterocycles. The lowest BCUT2D eigenvalue weighted by Gasteiger charge is -2.15. The second-order valence-corrected chi connectivity index (χ2v) is 8.96. The highest BCUT2D eigenvalue weighted by atomic mass is 35.5. The smallest absolute Gasteiger partial charge is 0.341 e. The quantitative estimate of drug-likeness (QED) is 0.335. The molecule has 0 fully saturated rings. The normalized spacial score (nSPS) is 10.9. The van der Waals surface area contributed by atoms with Crippen molar-refractivity contribution in [2.24, 2.45) is 0 Å². The van der Waals surface area contributed by atoms with Crippen LogP contribution in [0.2, 0.25) is 5.02 Å². The molecule has 0 bridgehead atoms. The number of hydrogen-bond donors (Lipinski definition) is 1. The van der Waals surface area contributed by atoms with Crippen molar-refractivity contribution in [3.05, 3.63) is 81.2 Å². The number of halogens is 1. The predicted octanol–water partition coefficient (Wildman–Crippen LogP) is 6.66. The summed E-state index contributed by atoms with van der Waals surface area (Å²) in [5.74, 6) is -0.764. The Morgan fingerprint density at radius 2 is 1.88 bits per heavy atom. The Bertz CT molecular complexity index is 1350. The number of aryl methyl sites for hydroxylation is 1. The van der Waals surface area contributed by atoms with Crippen LogP contribution in [0.15, 0.2) is 54.6 Å². The highest BCUT2D eigenvalue weighted by molar-refractivity contribution is 7.16. The number of nitrogens with one attached hydrogen (secondary N) is 1. The molecule has 0 aliphatic carbocycles. The summed E-state index contributed by atoms with van der Waals surface area (Å²) in [6.45, 7) is 5.77. The van der Waals surface area contributed by atoms with Crippen LogP contribution in [0.3, 0.4) is 0 Å². The summed E-state index contributed by atoms with van der Waals surface area (Å²) < 4.78 is 5.15. The maximum Gasteiger partial charge on any atom is 0.341 e. The number of fused-ring (bicyclic) bond motifs is 1. The van der Waals surface area contributed by atoms with Crippen LogP contribution in [-0.2, 0) is 4.74 Å². The number of ether oxygens (including phenoxy) is 1. The third kappa shape index (κ3) is 4.24. The van der Waals surface area contributed by atoms with Crippen LogP contribution in [-0.4, -0.2) is 23.5 Å². The summed E-state index contributed by atoms with van der Waals surface area (Å²) in [7, 11) is 0. The molecule has 5 nitrogen and oxygen atoms in total. The average molecular weight is 465 g/mol. The lowest BCUT2D eigenvalue weighted by molar-refractivity contribution is 0.0528. The molecule has 2 aromatic carbocycles. The highest BCUT2D eigenvalue weighted by Gasteiger charge is 2.23. The first kappa shape index (κ1) is 22.0. The largest absolute Gasteiger partial charge is 0.462 e. The lowest BCUT2D eigenvalue weighted by Crippen LogP contribution is -2.16. The van der Waals surface area contributed by atoms with E-state index < -0.39 is 5.97 Å². The van der Waals surface area contributed by atoms with E-state index in [4.69, 9.17) is 21.3 Å². The van der Waals surface area contributed by atoms with E-state index in [2.05, 4.69) is 5.32 Å². The Kier molecular flexibility index (Phi) is 6.26. The third-order valence-electron chi connectivity index (χ3n) is 5.04. The number of anilines is 1. The number of rotatable bonds is 5. The minimum Gasteiger partial charge on any atom is -0.462 e. The maximum absolute atomic E-state index is 13.5. The number of pyridine rings is 1. The number of aromatic nitrogens is 1. The van der Waals surface area contributed by atoms with Crippen LogP contribution < -0.4 is 5.32 Å². The van der Waals surface area contributed by atoms with Gasteiger partial charge in [0.2, 0.25) is 0 Å². The Balaban J connectivity index is 1.83. The van der Waals surface area contributed by atoms with Crippen LogP contribution >= 0.6 is 22.9 Å². The molecule has 0 radical (unpaired) electrons. The van der Waals surface area contributed by atoms with Crippen molar-refractivity contribution in [1.29, 1.82) is 0 Å². The zero-order valence-corrected chi connectivity index (χ0v) is 19.4. The standard InChI is InChI=1S/C25H21ClN2O3S/c1-4-31-25(30)19-12-14(2)32-24(19)28-23(29)21-15(3)22(16-8-7-9-17(26)13-16)27-20-11-6-5-10-18(20)21/h5-13H,4H2,1-3H3,(H,28,29). The van der Waals surface area contributed by atoms with Crippen LogP contribution in [0, 0.1) is 13.8 Å². The number of benzene rings is 2. The average Bonchev–Trinajstić information content (AvgIpc) is 3.13. The molecular weight excluding hydrogens is 444 g/mol. The van der Waals surface area contributed by atoms with Crippen LogP contribution in [0.4, 0.5) is 5.00 Å². The first-order valence-electron chi connectivity index (χ1n) is 10.1. The molecule has 0 unspecified atom stereocenters. The molecule has 2 aromatic heterocycles. The number of nitrogens with zero attached hydrogens (tertiary/aromatic N) is 1. The van der Waals surface area contributed by atoms with E-state index in [1.54, 1.807) is 19.1 Å². The predicted molar refractivity (Wildman–Crippen MR) is 130 cm³/mol. The number of hydrogen-bond acceptors (Lipinski definition) is 5. The first-order valence-corrected chi connectivity index (χ1v) is 11.3. The summed E-state index contributed by atoms with van der Waals surface area (Å²) in [6, 6.07) is 16.6. The molecule has 0 spiro atoms. The second kappa shape index (κ2) is 9.10. The maximum atomic E-state index is 13.5. The molecule has 7 heteroatoms. The first-order chi connectivity index (χ1) is 15.4. The van der Waals surface area contributed by atoms with E-state index in [-0.39, 0.29) is 12.5 Å². The van der Waals surface area contributed by atoms with E-state index in [0.29, 0.717) is 32.4 Å². The topological polar surface area (TPSA) is 68.3 Å². The zero-order chi connectivity index (χ0) is 22.8. The molecule has 0 aliphatic rings. The number of carbonyl (C=O) groups is 2. The van der Waals surface area contributed by atoms with E-state index in [1.807, 2.05) is 56.3 Å². The molecule has 2 heterocycles. The summed E-state index contributed by atoms with van der Waals surface area (Å²) in [5, 5.41) is 4.73. The highest BCUT2D eigenvalue weighted by Crippen LogP contribution is 2.33. The number of thiophene rings is 1. The summed E-state index contributed by atoms with van der Waals surface area (Å²) in [4.78, 5) is 31.6. The zero-order valence-electron chi connectivity index (χ0n) is 17.9. The third-order valence-corrected chi connectivity index (χ3v) is 6.24. The van der Waals surface area contributed by atoms with Crippen molar-refractivity contribution < 1.29 is 14.3 Å². The summed E-state index contributed by atoms with van der Waals surface area (Å²) in [6.07, 6.45) is 0. The second-order valence-electron chi connectivity index (χ2n) is 7.26. The van der Waals surface area contributed by atoms with Gasteiger partial charge in [-0.05, 0) is 50.6 Å². The Labute approximate surface area is 195 Å². The van der Waals surface area contributed by atoms with Crippen molar-refractivity contribution in [2.45, 2.75) is 20.8 Å². The van der Waals surface area contributed by atoms with E-state index in [0.717, 1.165) is 21.4 Å². The van der Waals surface area contributed by atoms with Gasteiger partial charge in [0.1, 0.15) is 5.00 Å². The van der Waals surface area contributed by atoms with Gasteiger partial charge in [-0.25, -0.2) is 9.78 Å². The van der Waals surface area contributed by atoms with Gasteiger partial charge in [0.25, 0.3) is 5.91 Å². The van der Waals surface area contributed by atoms with E-state index in [1.165, 1.54) is 11.3 Å². The Morgan fingerprint density at radius 1 is 1.09 bits per heavy atom.